The topological polar surface area (TPSA) is 58.2 Å². The zero-order valence-electron chi connectivity index (χ0n) is 13.4. The van der Waals surface area contributed by atoms with Crippen LogP contribution in [0.15, 0.2) is 0 Å². The summed E-state index contributed by atoms with van der Waals surface area (Å²) >= 11 is 0. The second-order valence-corrected chi connectivity index (χ2v) is 7.21. The summed E-state index contributed by atoms with van der Waals surface area (Å²) in [5.74, 6) is 0.0734. The molecule has 116 valence electrons. The van der Waals surface area contributed by atoms with Crippen LogP contribution in [0.3, 0.4) is 0 Å². The number of amides is 1. The van der Waals surface area contributed by atoms with Gasteiger partial charge in [-0.05, 0) is 32.1 Å². The van der Waals surface area contributed by atoms with Crippen LogP contribution >= 0.6 is 0 Å². The van der Waals surface area contributed by atoms with Gasteiger partial charge in [0.2, 0.25) is 0 Å². The van der Waals surface area contributed by atoms with Crippen LogP contribution in [0.25, 0.3) is 0 Å². The molecule has 1 aromatic rings. The van der Waals surface area contributed by atoms with E-state index < -0.39 is 0 Å². The number of carbonyl (C=O) groups is 1. The van der Waals surface area contributed by atoms with Crippen molar-refractivity contribution in [1.29, 1.82) is 0 Å². The molecule has 0 aromatic carbocycles. The molecule has 5 heteroatoms. The predicted molar refractivity (Wildman–Crippen MR) is 80.2 cm³/mol. The third kappa shape index (κ3) is 2.71. The van der Waals surface area contributed by atoms with Crippen molar-refractivity contribution in [2.45, 2.75) is 59.2 Å². The number of carbonyl (C=O) groups excluding carboxylic acids is 1. The summed E-state index contributed by atoms with van der Waals surface area (Å²) in [4.78, 5) is 14.7. The fraction of sp³-hybridized carbons (Fsp3) is 0.750. The van der Waals surface area contributed by atoms with Crippen molar-refractivity contribution >= 4 is 5.91 Å². The van der Waals surface area contributed by atoms with Gasteiger partial charge in [-0.2, -0.15) is 5.10 Å². The molecule has 1 N–H and O–H groups in total. The third-order valence-corrected chi connectivity index (χ3v) is 4.84. The summed E-state index contributed by atoms with van der Waals surface area (Å²) in [6.07, 6.45) is 2.99. The van der Waals surface area contributed by atoms with Crippen molar-refractivity contribution in [1.82, 2.24) is 15.1 Å². The Morgan fingerprint density at radius 1 is 1.33 bits per heavy atom. The number of H-pyrrole nitrogens is 1. The van der Waals surface area contributed by atoms with Crippen LogP contribution in [0.1, 0.15) is 68.4 Å². The number of piperidine rings is 1. The number of nitrogens with zero attached hydrogens (tertiary/aromatic N) is 2. The van der Waals surface area contributed by atoms with Crippen LogP contribution in [0, 0.1) is 5.41 Å². The van der Waals surface area contributed by atoms with E-state index in [1.807, 2.05) is 18.7 Å². The molecule has 5 nitrogen and oxygen atoms in total. The molecule has 1 saturated heterocycles. The molecule has 2 atom stereocenters. The smallest absolute Gasteiger partial charge is 0.274 e. The molecule has 0 unspecified atom stereocenters. The summed E-state index contributed by atoms with van der Waals surface area (Å²) in [5, 5.41) is 7.31. The van der Waals surface area contributed by atoms with Gasteiger partial charge in [0.25, 0.3) is 5.91 Å². The molecule has 2 aliphatic rings. The molecule has 1 amide bonds. The van der Waals surface area contributed by atoms with Gasteiger partial charge >= 0.3 is 0 Å². The van der Waals surface area contributed by atoms with Crippen molar-refractivity contribution in [3.05, 3.63) is 17.0 Å². The van der Waals surface area contributed by atoms with Crippen molar-refractivity contribution < 1.29 is 9.53 Å². The minimum atomic E-state index is -0.0157. The van der Waals surface area contributed by atoms with Crippen LogP contribution in [-0.2, 0) is 11.2 Å². The Labute approximate surface area is 126 Å². The number of hydrogen-bond acceptors (Lipinski definition) is 3. The first kappa shape index (κ1) is 14.6. The van der Waals surface area contributed by atoms with E-state index in [1.54, 1.807) is 0 Å². The van der Waals surface area contributed by atoms with E-state index in [9.17, 15) is 4.79 Å². The molecule has 0 radical (unpaired) electrons. The molecule has 0 aliphatic carbocycles. The SMILES string of the molecule is C[C@@H]1Cc2c(C(=O)N3CCC(C)(C)CC3)n[nH]c2[C@H](C)O1. The number of ether oxygens (including phenoxy) is 1. The predicted octanol–water partition coefficient (Wildman–Crippen LogP) is 2.69. The fourth-order valence-corrected chi connectivity index (χ4v) is 3.32. The van der Waals surface area contributed by atoms with E-state index in [0.717, 1.165) is 43.6 Å². The van der Waals surface area contributed by atoms with Gasteiger partial charge in [-0.25, -0.2) is 0 Å². The standard InChI is InChI=1S/C16H25N3O2/c1-10-9-12-13(11(2)21-10)17-18-14(12)15(20)19-7-5-16(3,4)6-8-19/h10-11H,5-9H2,1-4H3,(H,17,18)/t10-,11+/m1/s1. The second-order valence-electron chi connectivity index (χ2n) is 7.21. The number of aromatic amines is 1. The Bertz CT molecular complexity index is 540. The van der Waals surface area contributed by atoms with E-state index in [0.29, 0.717) is 11.1 Å². The number of rotatable bonds is 1. The van der Waals surface area contributed by atoms with E-state index >= 15 is 0 Å². The maximum Gasteiger partial charge on any atom is 0.274 e. The summed E-state index contributed by atoms with van der Waals surface area (Å²) in [6.45, 7) is 10.2. The van der Waals surface area contributed by atoms with Gasteiger partial charge in [-0.15, -0.1) is 0 Å². The highest BCUT2D eigenvalue weighted by Gasteiger charge is 2.33. The van der Waals surface area contributed by atoms with E-state index in [2.05, 4.69) is 24.0 Å². The Balaban J connectivity index is 1.80. The Hall–Kier alpha value is -1.36. The van der Waals surface area contributed by atoms with Crippen molar-refractivity contribution in [2.24, 2.45) is 5.41 Å². The number of fused-ring (bicyclic) bond motifs is 1. The fourth-order valence-electron chi connectivity index (χ4n) is 3.32. The maximum absolute atomic E-state index is 12.8. The van der Waals surface area contributed by atoms with E-state index in [4.69, 9.17) is 4.74 Å². The molecule has 0 spiro atoms. The Kier molecular flexibility index (Phi) is 3.56. The lowest BCUT2D eigenvalue weighted by Crippen LogP contribution is -2.41. The van der Waals surface area contributed by atoms with E-state index in [1.165, 1.54) is 0 Å². The number of hydrogen-bond donors (Lipinski definition) is 1. The average molecular weight is 291 g/mol. The molecule has 1 aromatic heterocycles. The summed E-state index contributed by atoms with van der Waals surface area (Å²) in [7, 11) is 0. The van der Waals surface area contributed by atoms with Crippen LogP contribution in [0.5, 0.6) is 0 Å². The van der Waals surface area contributed by atoms with Crippen LogP contribution < -0.4 is 0 Å². The van der Waals surface area contributed by atoms with Crippen molar-refractivity contribution in [3.63, 3.8) is 0 Å². The Morgan fingerprint density at radius 3 is 2.67 bits per heavy atom. The molecule has 3 heterocycles. The van der Waals surface area contributed by atoms with Gasteiger partial charge in [-0.3, -0.25) is 9.89 Å². The summed E-state index contributed by atoms with van der Waals surface area (Å²) < 4.78 is 5.78. The summed E-state index contributed by atoms with van der Waals surface area (Å²) in [5.41, 5.74) is 2.97. The first-order valence-electron chi connectivity index (χ1n) is 7.89. The van der Waals surface area contributed by atoms with Gasteiger partial charge in [0.15, 0.2) is 5.69 Å². The average Bonchev–Trinajstić information content (AvgIpc) is 2.82. The summed E-state index contributed by atoms with van der Waals surface area (Å²) in [6, 6.07) is 0. The van der Waals surface area contributed by atoms with Crippen LogP contribution in [0.2, 0.25) is 0 Å². The minimum absolute atomic E-state index is 0.0157. The van der Waals surface area contributed by atoms with E-state index in [-0.39, 0.29) is 18.1 Å². The molecular weight excluding hydrogens is 266 g/mol. The van der Waals surface area contributed by atoms with Gasteiger partial charge in [-0.1, -0.05) is 13.8 Å². The molecule has 0 saturated carbocycles. The zero-order chi connectivity index (χ0) is 15.2. The number of aromatic nitrogens is 2. The minimum Gasteiger partial charge on any atom is -0.369 e. The molecule has 21 heavy (non-hydrogen) atoms. The third-order valence-electron chi connectivity index (χ3n) is 4.84. The zero-order valence-corrected chi connectivity index (χ0v) is 13.4. The number of likely N-dealkylation sites (tertiary alicyclic amines) is 1. The Morgan fingerprint density at radius 2 is 2.00 bits per heavy atom. The monoisotopic (exact) mass is 291 g/mol. The lowest BCUT2D eigenvalue weighted by Gasteiger charge is -2.36. The highest BCUT2D eigenvalue weighted by molar-refractivity contribution is 5.94. The molecular formula is C16H25N3O2. The van der Waals surface area contributed by atoms with Crippen LogP contribution in [-0.4, -0.2) is 40.2 Å². The highest BCUT2D eigenvalue weighted by Crippen LogP contribution is 2.33. The number of nitrogens with one attached hydrogen (secondary N) is 1. The highest BCUT2D eigenvalue weighted by atomic mass is 16.5. The first-order valence-corrected chi connectivity index (χ1v) is 7.89. The lowest BCUT2D eigenvalue weighted by atomic mass is 9.82. The molecule has 2 aliphatic heterocycles. The van der Waals surface area contributed by atoms with Crippen LogP contribution in [0.4, 0.5) is 0 Å². The lowest BCUT2D eigenvalue weighted by molar-refractivity contribution is -0.00704. The molecule has 1 fully saturated rings. The van der Waals surface area contributed by atoms with Gasteiger partial charge in [0.05, 0.1) is 17.9 Å². The maximum atomic E-state index is 12.8. The molecule has 3 rings (SSSR count). The van der Waals surface area contributed by atoms with Gasteiger partial charge in [0.1, 0.15) is 0 Å². The van der Waals surface area contributed by atoms with Crippen molar-refractivity contribution in [3.8, 4) is 0 Å². The van der Waals surface area contributed by atoms with Gasteiger partial charge < -0.3 is 9.64 Å². The largest absolute Gasteiger partial charge is 0.369 e. The van der Waals surface area contributed by atoms with Crippen molar-refractivity contribution in [2.75, 3.05) is 13.1 Å². The normalized spacial score (nSPS) is 28.3. The van der Waals surface area contributed by atoms with Gasteiger partial charge in [0, 0.05) is 25.1 Å². The molecule has 0 bridgehead atoms. The quantitative estimate of drug-likeness (QED) is 0.865. The second kappa shape index (κ2) is 5.13. The first-order chi connectivity index (χ1) is 9.87.